The zero-order valence-corrected chi connectivity index (χ0v) is 13.6. The SMILES string of the molecule is CC(=O)Oc1ccc([C@@H](N2CCNCC2)C(C)(C)CO)cc1. The highest BCUT2D eigenvalue weighted by atomic mass is 16.5. The van der Waals surface area contributed by atoms with Crippen LogP contribution in [0, 0.1) is 5.41 Å². The molecule has 1 aliphatic rings. The van der Waals surface area contributed by atoms with Crippen molar-refractivity contribution in [2.24, 2.45) is 5.41 Å². The van der Waals surface area contributed by atoms with E-state index in [9.17, 15) is 9.90 Å². The van der Waals surface area contributed by atoms with Crippen molar-refractivity contribution < 1.29 is 14.6 Å². The molecule has 0 unspecified atom stereocenters. The Kier molecular flexibility index (Phi) is 5.56. The summed E-state index contributed by atoms with van der Waals surface area (Å²) in [4.78, 5) is 13.4. The first kappa shape index (κ1) is 16.9. The van der Waals surface area contributed by atoms with E-state index in [1.165, 1.54) is 6.92 Å². The van der Waals surface area contributed by atoms with Gasteiger partial charge in [-0.15, -0.1) is 0 Å². The lowest BCUT2D eigenvalue weighted by molar-refractivity contribution is -0.131. The molecule has 5 nitrogen and oxygen atoms in total. The molecule has 0 amide bonds. The van der Waals surface area contributed by atoms with Crippen LogP contribution in [0.1, 0.15) is 32.4 Å². The number of ether oxygens (including phenoxy) is 1. The maximum absolute atomic E-state index is 11.0. The molecular formula is C17H26N2O3. The Morgan fingerprint density at radius 2 is 1.91 bits per heavy atom. The summed E-state index contributed by atoms with van der Waals surface area (Å²) in [6, 6.07) is 7.75. The van der Waals surface area contributed by atoms with Crippen LogP contribution in [0.4, 0.5) is 0 Å². The number of piperazine rings is 1. The van der Waals surface area contributed by atoms with Gasteiger partial charge >= 0.3 is 5.97 Å². The highest BCUT2D eigenvalue weighted by Crippen LogP contribution is 2.38. The lowest BCUT2D eigenvalue weighted by Crippen LogP contribution is -2.49. The monoisotopic (exact) mass is 306 g/mol. The summed E-state index contributed by atoms with van der Waals surface area (Å²) in [6.07, 6.45) is 0. The highest BCUT2D eigenvalue weighted by Gasteiger charge is 2.35. The van der Waals surface area contributed by atoms with Gasteiger partial charge in [-0.3, -0.25) is 9.69 Å². The van der Waals surface area contributed by atoms with E-state index in [0.29, 0.717) is 5.75 Å². The normalized spacial score (nSPS) is 18.0. The van der Waals surface area contributed by atoms with Crippen molar-refractivity contribution in [3.05, 3.63) is 29.8 Å². The minimum atomic E-state index is -0.318. The Morgan fingerprint density at radius 3 is 2.41 bits per heavy atom. The molecule has 2 rings (SSSR count). The fraction of sp³-hybridized carbons (Fsp3) is 0.588. The standard InChI is InChI=1S/C17H26N2O3/c1-13(21)22-15-6-4-14(5-7-15)16(17(2,3)12-20)19-10-8-18-9-11-19/h4-7,16,18,20H,8-12H2,1-3H3/t16-/m1/s1. The van der Waals surface area contributed by atoms with Gasteiger partial charge in [0, 0.05) is 51.2 Å². The van der Waals surface area contributed by atoms with Gasteiger partial charge in [-0.05, 0) is 17.7 Å². The molecule has 1 fully saturated rings. The second kappa shape index (κ2) is 7.22. The fourth-order valence-electron chi connectivity index (χ4n) is 3.07. The van der Waals surface area contributed by atoms with E-state index in [-0.39, 0.29) is 24.0 Å². The van der Waals surface area contributed by atoms with Crippen LogP contribution < -0.4 is 10.1 Å². The third-order valence-electron chi connectivity index (χ3n) is 4.12. The largest absolute Gasteiger partial charge is 0.427 e. The first-order valence-electron chi connectivity index (χ1n) is 7.78. The van der Waals surface area contributed by atoms with E-state index in [2.05, 4.69) is 24.1 Å². The molecule has 1 aromatic rings. The lowest BCUT2D eigenvalue weighted by Gasteiger charge is -2.43. The maximum atomic E-state index is 11.0. The summed E-state index contributed by atoms with van der Waals surface area (Å²) >= 11 is 0. The van der Waals surface area contributed by atoms with Crippen LogP contribution in [0.3, 0.4) is 0 Å². The third-order valence-corrected chi connectivity index (χ3v) is 4.12. The molecule has 1 heterocycles. The number of nitrogens with zero attached hydrogens (tertiary/aromatic N) is 1. The van der Waals surface area contributed by atoms with E-state index < -0.39 is 0 Å². The molecular weight excluding hydrogens is 280 g/mol. The Hall–Kier alpha value is -1.43. The van der Waals surface area contributed by atoms with E-state index in [4.69, 9.17) is 4.74 Å². The Morgan fingerprint density at radius 1 is 1.32 bits per heavy atom. The van der Waals surface area contributed by atoms with Crippen LogP contribution in [0.2, 0.25) is 0 Å². The highest BCUT2D eigenvalue weighted by molar-refractivity contribution is 5.69. The summed E-state index contributed by atoms with van der Waals surface area (Å²) in [5.41, 5.74) is 0.886. The van der Waals surface area contributed by atoms with Gasteiger partial charge in [0.2, 0.25) is 0 Å². The minimum absolute atomic E-state index is 0.118. The number of aliphatic hydroxyl groups excluding tert-OH is 1. The number of hydrogen-bond donors (Lipinski definition) is 2. The predicted octanol–water partition coefficient (Wildman–Crippen LogP) is 1.58. The van der Waals surface area contributed by atoms with Gasteiger partial charge < -0.3 is 15.2 Å². The molecule has 0 saturated carbocycles. The second-order valence-corrected chi connectivity index (χ2v) is 6.50. The van der Waals surface area contributed by atoms with Crippen molar-refractivity contribution in [2.45, 2.75) is 26.8 Å². The van der Waals surface area contributed by atoms with Crippen molar-refractivity contribution in [3.8, 4) is 5.75 Å². The first-order valence-corrected chi connectivity index (χ1v) is 7.78. The molecule has 22 heavy (non-hydrogen) atoms. The van der Waals surface area contributed by atoms with Gasteiger partial charge in [0.25, 0.3) is 0 Å². The molecule has 0 spiro atoms. The molecule has 1 aliphatic heterocycles. The van der Waals surface area contributed by atoms with Crippen LogP contribution >= 0.6 is 0 Å². The first-order chi connectivity index (χ1) is 10.4. The molecule has 0 radical (unpaired) electrons. The second-order valence-electron chi connectivity index (χ2n) is 6.50. The van der Waals surface area contributed by atoms with Crippen LogP contribution in [-0.2, 0) is 4.79 Å². The van der Waals surface area contributed by atoms with Gasteiger partial charge in [0.15, 0.2) is 0 Å². The Labute approximate surface area is 132 Å². The summed E-state index contributed by atoms with van der Waals surface area (Å²) in [5, 5.41) is 13.2. The van der Waals surface area contributed by atoms with Crippen LogP contribution in [-0.4, -0.2) is 48.8 Å². The minimum Gasteiger partial charge on any atom is -0.427 e. The lowest BCUT2D eigenvalue weighted by atomic mass is 9.79. The number of carbonyl (C=O) groups excluding carboxylic acids is 1. The summed E-state index contributed by atoms with van der Waals surface area (Å²) < 4.78 is 5.09. The molecule has 1 aromatic carbocycles. The molecule has 5 heteroatoms. The average Bonchev–Trinajstić information content (AvgIpc) is 2.49. The number of hydrogen-bond acceptors (Lipinski definition) is 5. The van der Waals surface area contributed by atoms with Crippen molar-refractivity contribution >= 4 is 5.97 Å². The van der Waals surface area contributed by atoms with Gasteiger partial charge in [0.05, 0.1) is 0 Å². The average molecular weight is 306 g/mol. The number of rotatable bonds is 5. The van der Waals surface area contributed by atoms with Crippen LogP contribution in [0.15, 0.2) is 24.3 Å². The van der Waals surface area contributed by atoms with E-state index in [0.717, 1.165) is 31.7 Å². The van der Waals surface area contributed by atoms with Crippen molar-refractivity contribution in [2.75, 3.05) is 32.8 Å². The quantitative estimate of drug-likeness (QED) is 0.639. The molecule has 2 N–H and O–H groups in total. The summed E-state index contributed by atoms with van der Waals surface area (Å²) in [7, 11) is 0. The molecule has 1 saturated heterocycles. The topological polar surface area (TPSA) is 61.8 Å². The molecule has 0 aliphatic carbocycles. The van der Waals surface area contributed by atoms with Crippen molar-refractivity contribution in [1.29, 1.82) is 0 Å². The van der Waals surface area contributed by atoms with Crippen molar-refractivity contribution in [1.82, 2.24) is 10.2 Å². The predicted molar refractivity (Wildman–Crippen MR) is 85.8 cm³/mol. The van der Waals surface area contributed by atoms with E-state index in [1.807, 2.05) is 24.3 Å². The fourth-order valence-corrected chi connectivity index (χ4v) is 3.07. The van der Waals surface area contributed by atoms with Crippen LogP contribution in [0.5, 0.6) is 5.75 Å². The van der Waals surface area contributed by atoms with Gasteiger partial charge in [-0.1, -0.05) is 26.0 Å². The van der Waals surface area contributed by atoms with E-state index >= 15 is 0 Å². The molecule has 122 valence electrons. The molecule has 1 atom stereocenters. The Bertz CT molecular complexity index is 493. The van der Waals surface area contributed by atoms with Gasteiger partial charge in [-0.25, -0.2) is 0 Å². The zero-order valence-electron chi connectivity index (χ0n) is 13.6. The molecule has 0 aromatic heterocycles. The number of nitrogens with one attached hydrogen (secondary N) is 1. The summed E-state index contributed by atoms with van der Waals surface area (Å²) in [5.74, 6) is 0.235. The van der Waals surface area contributed by atoms with Crippen LogP contribution in [0.25, 0.3) is 0 Å². The third kappa shape index (κ3) is 4.06. The molecule has 0 bridgehead atoms. The van der Waals surface area contributed by atoms with Gasteiger partial charge in [0.1, 0.15) is 5.75 Å². The zero-order chi connectivity index (χ0) is 16.2. The number of carbonyl (C=O) groups is 1. The van der Waals surface area contributed by atoms with E-state index in [1.54, 1.807) is 0 Å². The smallest absolute Gasteiger partial charge is 0.308 e. The van der Waals surface area contributed by atoms with Crippen molar-refractivity contribution in [3.63, 3.8) is 0 Å². The number of aliphatic hydroxyl groups is 1. The summed E-state index contributed by atoms with van der Waals surface area (Å²) in [6.45, 7) is 9.52. The number of benzene rings is 1. The van der Waals surface area contributed by atoms with Gasteiger partial charge in [-0.2, -0.15) is 0 Å². The maximum Gasteiger partial charge on any atom is 0.308 e. The number of esters is 1. The Balaban J connectivity index is 2.26.